The second-order valence-electron chi connectivity index (χ2n) is 3.65. The first-order valence-corrected chi connectivity index (χ1v) is 4.83. The van der Waals surface area contributed by atoms with Crippen LogP contribution in [0.4, 0.5) is 17.1 Å². The van der Waals surface area contributed by atoms with Gasteiger partial charge in [0.05, 0.1) is 11.4 Å². The SMILES string of the molecule is Nc1ccc(N)c(C2=CCCC2)c1N. The summed E-state index contributed by atoms with van der Waals surface area (Å²) in [5.41, 5.74) is 21.7. The molecule has 0 saturated heterocycles. The van der Waals surface area contributed by atoms with Crippen LogP contribution >= 0.6 is 0 Å². The fourth-order valence-electron chi connectivity index (χ4n) is 1.91. The molecule has 0 amide bonds. The Hall–Kier alpha value is -1.64. The summed E-state index contributed by atoms with van der Waals surface area (Å²) < 4.78 is 0. The van der Waals surface area contributed by atoms with Gasteiger partial charge in [-0.25, -0.2) is 0 Å². The molecule has 74 valence electrons. The second-order valence-corrected chi connectivity index (χ2v) is 3.65. The van der Waals surface area contributed by atoms with E-state index in [1.807, 2.05) is 6.07 Å². The van der Waals surface area contributed by atoms with E-state index in [1.54, 1.807) is 6.07 Å². The Bertz CT molecular complexity index is 394. The van der Waals surface area contributed by atoms with Gasteiger partial charge in [-0.3, -0.25) is 0 Å². The van der Waals surface area contributed by atoms with Gasteiger partial charge >= 0.3 is 0 Å². The Balaban J connectivity index is 2.55. The van der Waals surface area contributed by atoms with Crippen molar-refractivity contribution in [2.45, 2.75) is 19.3 Å². The maximum absolute atomic E-state index is 5.92. The van der Waals surface area contributed by atoms with Crippen molar-refractivity contribution >= 4 is 22.6 Å². The zero-order chi connectivity index (χ0) is 10.1. The van der Waals surface area contributed by atoms with Gasteiger partial charge in [0.25, 0.3) is 0 Å². The van der Waals surface area contributed by atoms with E-state index in [4.69, 9.17) is 17.2 Å². The summed E-state index contributed by atoms with van der Waals surface area (Å²) in [6.07, 6.45) is 5.55. The molecule has 3 nitrogen and oxygen atoms in total. The summed E-state index contributed by atoms with van der Waals surface area (Å²) in [7, 11) is 0. The van der Waals surface area contributed by atoms with Crippen LogP contribution < -0.4 is 17.2 Å². The highest BCUT2D eigenvalue weighted by atomic mass is 14.7. The molecule has 6 N–H and O–H groups in total. The number of benzene rings is 1. The fourth-order valence-corrected chi connectivity index (χ4v) is 1.91. The van der Waals surface area contributed by atoms with Crippen LogP contribution in [0, 0.1) is 0 Å². The number of hydrogen-bond donors (Lipinski definition) is 3. The highest BCUT2D eigenvalue weighted by Gasteiger charge is 2.14. The molecule has 3 heteroatoms. The van der Waals surface area contributed by atoms with Gasteiger partial charge in [-0.2, -0.15) is 0 Å². The van der Waals surface area contributed by atoms with Crippen LogP contribution in [0.1, 0.15) is 24.8 Å². The third-order valence-corrected chi connectivity index (χ3v) is 2.67. The standard InChI is InChI=1S/C11H15N3/c12-8-5-6-9(13)11(14)10(8)7-3-1-2-4-7/h3,5-6H,1-2,4,12-14H2. The van der Waals surface area contributed by atoms with Gasteiger partial charge in [0.1, 0.15) is 0 Å². The zero-order valence-corrected chi connectivity index (χ0v) is 8.09. The lowest BCUT2D eigenvalue weighted by atomic mass is 10.0. The number of nitrogens with two attached hydrogens (primary N) is 3. The van der Waals surface area contributed by atoms with Crippen molar-refractivity contribution < 1.29 is 0 Å². The maximum atomic E-state index is 5.92. The molecule has 1 aromatic rings. The molecule has 0 saturated carbocycles. The van der Waals surface area contributed by atoms with E-state index >= 15 is 0 Å². The topological polar surface area (TPSA) is 78.1 Å². The molecule has 2 rings (SSSR count). The van der Waals surface area contributed by atoms with Gasteiger partial charge in [-0.1, -0.05) is 6.08 Å². The van der Waals surface area contributed by atoms with Crippen molar-refractivity contribution in [2.75, 3.05) is 17.2 Å². The maximum Gasteiger partial charge on any atom is 0.0644 e. The summed E-state index contributed by atoms with van der Waals surface area (Å²) in [5.74, 6) is 0. The van der Waals surface area contributed by atoms with Gasteiger partial charge in [-0.05, 0) is 37.0 Å². The molecule has 0 radical (unpaired) electrons. The number of allylic oxidation sites excluding steroid dienone is 2. The van der Waals surface area contributed by atoms with Crippen molar-refractivity contribution in [3.63, 3.8) is 0 Å². The van der Waals surface area contributed by atoms with Gasteiger partial charge in [0, 0.05) is 11.3 Å². The first kappa shape index (κ1) is 8.94. The zero-order valence-electron chi connectivity index (χ0n) is 8.09. The van der Waals surface area contributed by atoms with Gasteiger partial charge in [0.2, 0.25) is 0 Å². The predicted molar refractivity (Wildman–Crippen MR) is 61.5 cm³/mol. The normalized spacial score (nSPS) is 15.6. The third kappa shape index (κ3) is 1.31. The van der Waals surface area contributed by atoms with Crippen LogP contribution in [0.25, 0.3) is 5.57 Å². The van der Waals surface area contributed by atoms with E-state index < -0.39 is 0 Å². The Morgan fingerprint density at radius 1 is 1.00 bits per heavy atom. The molecule has 1 aliphatic carbocycles. The van der Waals surface area contributed by atoms with Crippen molar-refractivity contribution in [3.8, 4) is 0 Å². The third-order valence-electron chi connectivity index (χ3n) is 2.67. The van der Waals surface area contributed by atoms with Crippen LogP contribution in [0.15, 0.2) is 18.2 Å². The smallest absolute Gasteiger partial charge is 0.0644 e. The molecule has 0 unspecified atom stereocenters. The van der Waals surface area contributed by atoms with E-state index in [0.717, 1.165) is 24.1 Å². The second kappa shape index (κ2) is 3.25. The van der Waals surface area contributed by atoms with E-state index in [0.29, 0.717) is 11.4 Å². The first-order chi connectivity index (χ1) is 6.70. The molecule has 0 spiro atoms. The minimum atomic E-state index is 0.613. The summed E-state index contributed by atoms with van der Waals surface area (Å²) in [6.45, 7) is 0. The fraction of sp³-hybridized carbons (Fsp3) is 0.273. The van der Waals surface area contributed by atoms with E-state index in [9.17, 15) is 0 Å². The molecule has 0 atom stereocenters. The van der Waals surface area contributed by atoms with Crippen molar-refractivity contribution in [3.05, 3.63) is 23.8 Å². The molecular weight excluding hydrogens is 174 g/mol. The van der Waals surface area contributed by atoms with E-state index in [-0.39, 0.29) is 0 Å². The van der Waals surface area contributed by atoms with Crippen LogP contribution in [0.2, 0.25) is 0 Å². The molecule has 0 aromatic heterocycles. The van der Waals surface area contributed by atoms with Crippen molar-refractivity contribution in [1.82, 2.24) is 0 Å². The molecule has 1 aliphatic rings. The van der Waals surface area contributed by atoms with Gasteiger partial charge in [-0.15, -0.1) is 0 Å². The van der Waals surface area contributed by atoms with E-state index in [2.05, 4.69) is 6.08 Å². The Morgan fingerprint density at radius 2 is 1.71 bits per heavy atom. The summed E-state index contributed by atoms with van der Waals surface area (Å²) >= 11 is 0. The monoisotopic (exact) mass is 189 g/mol. The van der Waals surface area contributed by atoms with Crippen LogP contribution in [-0.4, -0.2) is 0 Å². The first-order valence-electron chi connectivity index (χ1n) is 4.83. The predicted octanol–water partition coefficient (Wildman–Crippen LogP) is 2.00. The van der Waals surface area contributed by atoms with Gasteiger partial charge in [0.15, 0.2) is 0 Å². The lowest BCUT2D eigenvalue weighted by Gasteiger charge is -2.12. The lowest BCUT2D eigenvalue weighted by molar-refractivity contribution is 0.935. The highest BCUT2D eigenvalue weighted by molar-refractivity contribution is 5.89. The average molecular weight is 189 g/mol. The number of nitrogen functional groups attached to an aromatic ring is 3. The average Bonchev–Trinajstić information content (AvgIpc) is 2.65. The van der Waals surface area contributed by atoms with Crippen LogP contribution in [0.3, 0.4) is 0 Å². The highest BCUT2D eigenvalue weighted by Crippen LogP contribution is 2.37. The minimum Gasteiger partial charge on any atom is -0.398 e. The number of rotatable bonds is 1. The summed E-state index contributed by atoms with van der Waals surface area (Å²) in [5, 5.41) is 0. The summed E-state index contributed by atoms with van der Waals surface area (Å²) in [4.78, 5) is 0. The van der Waals surface area contributed by atoms with Crippen LogP contribution in [-0.2, 0) is 0 Å². The Kier molecular flexibility index (Phi) is 2.08. The molecule has 14 heavy (non-hydrogen) atoms. The molecule has 0 bridgehead atoms. The Labute approximate surface area is 83.6 Å². The quantitative estimate of drug-likeness (QED) is 0.591. The van der Waals surface area contributed by atoms with Crippen molar-refractivity contribution in [1.29, 1.82) is 0 Å². The van der Waals surface area contributed by atoms with E-state index in [1.165, 1.54) is 12.0 Å². The molecule has 1 aromatic carbocycles. The number of hydrogen-bond acceptors (Lipinski definition) is 3. The molecule has 0 fully saturated rings. The largest absolute Gasteiger partial charge is 0.398 e. The molecule has 0 aliphatic heterocycles. The Morgan fingerprint density at radius 3 is 2.36 bits per heavy atom. The minimum absolute atomic E-state index is 0.613. The number of anilines is 3. The van der Waals surface area contributed by atoms with Crippen molar-refractivity contribution in [2.24, 2.45) is 0 Å². The van der Waals surface area contributed by atoms with Crippen LogP contribution in [0.5, 0.6) is 0 Å². The molecule has 0 heterocycles. The van der Waals surface area contributed by atoms with Gasteiger partial charge < -0.3 is 17.2 Å². The summed E-state index contributed by atoms with van der Waals surface area (Å²) in [6, 6.07) is 3.57. The lowest BCUT2D eigenvalue weighted by Crippen LogP contribution is -2.02. The molecular formula is C11H15N3.